The van der Waals surface area contributed by atoms with Crippen molar-refractivity contribution in [3.63, 3.8) is 0 Å². The molecule has 2 aromatic rings. The monoisotopic (exact) mass is 335 g/mol. The van der Waals surface area contributed by atoms with Gasteiger partial charge in [-0.3, -0.25) is 4.68 Å². The Morgan fingerprint density at radius 1 is 1.45 bits per heavy atom. The number of benzene rings is 1. The minimum atomic E-state index is 0.510. The molecule has 1 aliphatic rings. The van der Waals surface area contributed by atoms with Crippen LogP contribution in [-0.2, 0) is 20.1 Å². The number of ether oxygens (including phenoxy) is 1. The summed E-state index contributed by atoms with van der Waals surface area (Å²) < 4.78 is 8.90. The molecule has 0 spiro atoms. The molecular weight excluding hydrogens is 318 g/mol. The van der Waals surface area contributed by atoms with E-state index in [-0.39, 0.29) is 0 Å². The Labute approximate surface area is 127 Å². The highest BCUT2D eigenvalue weighted by molar-refractivity contribution is 9.10. The van der Waals surface area contributed by atoms with E-state index < -0.39 is 0 Å². The lowest BCUT2D eigenvalue weighted by Gasteiger charge is -2.21. The van der Waals surface area contributed by atoms with Crippen LogP contribution in [0.2, 0.25) is 0 Å². The van der Waals surface area contributed by atoms with E-state index in [2.05, 4.69) is 38.5 Å². The second kappa shape index (κ2) is 5.48. The van der Waals surface area contributed by atoms with Gasteiger partial charge >= 0.3 is 0 Å². The zero-order valence-electron chi connectivity index (χ0n) is 11.7. The molecule has 20 heavy (non-hydrogen) atoms. The summed E-state index contributed by atoms with van der Waals surface area (Å²) in [5, 5.41) is 7.83. The van der Waals surface area contributed by atoms with Gasteiger partial charge in [0.25, 0.3) is 0 Å². The molecule has 106 valence electrons. The number of halogens is 1. The molecule has 1 N–H and O–H groups in total. The van der Waals surface area contributed by atoms with Crippen LogP contribution in [0.4, 0.5) is 5.69 Å². The Morgan fingerprint density at radius 3 is 3.05 bits per heavy atom. The van der Waals surface area contributed by atoms with E-state index in [1.54, 1.807) is 0 Å². The first kappa shape index (κ1) is 13.5. The third-order valence-corrected chi connectivity index (χ3v) is 4.69. The van der Waals surface area contributed by atoms with E-state index >= 15 is 0 Å². The van der Waals surface area contributed by atoms with Gasteiger partial charge in [-0.15, -0.1) is 0 Å². The Balaban J connectivity index is 1.82. The summed E-state index contributed by atoms with van der Waals surface area (Å²) in [4.78, 5) is 0. The molecule has 0 saturated heterocycles. The summed E-state index contributed by atoms with van der Waals surface area (Å²) in [5.74, 6) is 0.924. The quantitative estimate of drug-likeness (QED) is 0.933. The molecule has 1 aliphatic heterocycles. The van der Waals surface area contributed by atoms with Gasteiger partial charge in [0.1, 0.15) is 12.4 Å². The number of para-hydroxylation sites is 1. The van der Waals surface area contributed by atoms with Crippen molar-refractivity contribution in [2.24, 2.45) is 7.05 Å². The van der Waals surface area contributed by atoms with Crippen molar-refractivity contribution < 1.29 is 4.74 Å². The smallest absolute Gasteiger partial charge is 0.143 e. The maximum Gasteiger partial charge on any atom is 0.143 e. The van der Waals surface area contributed by atoms with Crippen LogP contribution in [0.1, 0.15) is 23.4 Å². The zero-order chi connectivity index (χ0) is 14.1. The van der Waals surface area contributed by atoms with Gasteiger partial charge in [-0.1, -0.05) is 12.1 Å². The predicted octanol–water partition coefficient (Wildman–Crippen LogP) is 3.43. The van der Waals surface area contributed by atoms with Crippen LogP contribution in [0.5, 0.6) is 5.75 Å². The standard InChI is InChI=1S/C15H18BrN3O/c1-10-14(16)12(19(2)18-10)9-20-13-7-3-5-11-6-4-8-17-15(11)13/h3,5,7,17H,4,6,8-9H2,1-2H3. The van der Waals surface area contributed by atoms with E-state index in [1.165, 1.54) is 12.0 Å². The number of anilines is 1. The van der Waals surface area contributed by atoms with Crippen LogP contribution >= 0.6 is 15.9 Å². The fraction of sp³-hybridized carbons (Fsp3) is 0.400. The zero-order valence-corrected chi connectivity index (χ0v) is 13.3. The summed E-state index contributed by atoms with van der Waals surface area (Å²) >= 11 is 3.57. The van der Waals surface area contributed by atoms with Crippen molar-refractivity contribution in [1.82, 2.24) is 9.78 Å². The molecule has 1 aromatic carbocycles. The normalized spacial score (nSPS) is 13.8. The third-order valence-electron chi connectivity index (χ3n) is 3.66. The molecule has 0 fully saturated rings. The van der Waals surface area contributed by atoms with Crippen molar-refractivity contribution in [1.29, 1.82) is 0 Å². The molecule has 3 rings (SSSR count). The summed E-state index contributed by atoms with van der Waals surface area (Å²) in [6.07, 6.45) is 2.30. The van der Waals surface area contributed by atoms with Crippen LogP contribution in [0.15, 0.2) is 22.7 Å². The first-order chi connectivity index (χ1) is 9.66. The van der Waals surface area contributed by atoms with Crippen molar-refractivity contribution in [2.45, 2.75) is 26.4 Å². The topological polar surface area (TPSA) is 39.1 Å². The molecule has 0 saturated carbocycles. The Bertz CT molecular complexity index is 636. The average molecular weight is 336 g/mol. The summed E-state index contributed by atoms with van der Waals surface area (Å²) in [7, 11) is 1.94. The van der Waals surface area contributed by atoms with Crippen molar-refractivity contribution in [3.8, 4) is 5.75 Å². The third kappa shape index (κ3) is 2.42. The van der Waals surface area contributed by atoms with Gasteiger partial charge in [0.15, 0.2) is 0 Å². The van der Waals surface area contributed by atoms with Crippen molar-refractivity contribution in [2.75, 3.05) is 11.9 Å². The fourth-order valence-corrected chi connectivity index (χ4v) is 3.03. The Morgan fingerprint density at radius 2 is 2.30 bits per heavy atom. The van der Waals surface area contributed by atoms with Crippen LogP contribution in [0.25, 0.3) is 0 Å². The number of aromatic nitrogens is 2. The van der Waals surface area contributed by atoms with Crippen LogP contribution in [-0.4, -0.2) is 16.3 Å². The van der Waals surface area contributed by atoms with Crippen LogP contribution < -0.4 is 10.1 Å². The van der Waals surface area contributed by atoms with E-state index in [0.29, 0.717) is 6.61 Å². The molecule has 0 aliphatic carbocycles. The fourth-order valence-electron chi connectivity index (χ4n) is 2.58. The van der Waals surface area contributed by atoms with E-state index in [1.807, 2.05) is 24.7 Å². The Hall–Kier alpha value is -1.49. The lowest BCUT2D eigenvalue weighted by Crippen LogP contribution is -2.13. The molecule has 0 amide bonds. The molecule has 2 heterocycles. The highest BCUT2D eigenvalue weighted by Gasteiger charge is 2.15. The number of nitrogens with one attached hydrogen (secondary N) is 1. The van der Waals surface area contributed by atoms with E-state index in [9.17, 15) is 0 Å². The summed E-state index contributed by atoms with van der Waals surface area (Å²) in [6, 6.07) is 6.25. The van der Waals surface area contributed by atoms with E-state index in [0.717, 1.165) is 40.3 Å². The van der Waals surface area contributed by atoms with Gasteiger partial charge in [0.2, 0.25) is 0 Å². The molecule has 5 heteroatoms. The van der Waals surface area contributed by atoms with Crippen LogP contribution in [0, 0.1) is 6.92 Å². The number of fused-ring (bicyclic) bond motifs is 1. The lowest BCUT2D eigenvalue weighted by molar-refractivity contribution is 0.295. The summed E-state index contributed by atoms with van der Waals surface area (Å²) in [6.45, 7) is 3.51. The first-order valence-electron chi connectivity index (χ1n) is 6.83. The predicted molar refractivity (Wildman–Crippen MR) is 83.2 cm³/mol. The number of aryl methyl sites for hydroxylation is 3. The molecule has 0 radical (unpaired) electrons. The number of hydrogen-bond acceptors (Lipinski definition) is 3. The van der Waals surface area contributed by atoms with Gasteiger partial charge < -0.3 is 10.1 Å². The van der Waals surface area contributed by atoms with Gasteiger partial charge in [-0.2, -0.15) is 5.10 Å². The van der Waals surface area contributed by atoms with Gasteiger partial charge in [0, 0.05) is 13.6 Å². The lowest BCUT2D eigenvalue weighted by atomic mass is 10.0. The van der Waals surface area contributed by atoms with Gasteiger partial charge in [-0.25, -0.2) is 0 Å². The number of nitrogens with zero attached hydrogens (tertiary/aromatic N) is 2. The average Bonchev–Trinajstić information content (AvgIpc) is 2.70. The minimum Gasteiger partial charge on any atom is -0.485 e. The number of rotatable bonds is 3. The van der Waals surface area contributed by atoms with Crippen molar-refractivity contribution in [3.05, 3.63) is 39.6 Å². The van der Waals surface area contributed by atoms with E-state index in [4.69, 9.17) is 4.74 Å². The minimum absolute atomic E-state index is 0.510. The Kier molecular flexibility index (Phi) is 3.70. The first-order valence-corrected chi connectivity index (χ1v) is 7.62. The maximum atomic E-state index is 6.01. The van der Waals surface area contributed by atoms with Crippen molar-refractivity contribution >= 4 is 21.6 Å². The maximum absolute atomic E-state index is 6.01. The second-order valence-electron chi connectivity index (χ2n) is 5.08. The molecule has 0 bridgehead atoms. The highest BCUT2D eigenvalue weighted by atomic mass is 79.9. The number of hydrogen-bond donors (Lipinski definition) is 1. The van der Waals surface area contributed by atoms with Gasteiger partial charge in [0.05, 0.1) is 21.5 Å². The summed E-state index contributed by atoms with van der Waals surface area (Å²) in [5.41, 5.74) is 4.53. The molecule has 1 aromatic heterocycles. The molecule has 0 unspecified atom stereocenters. The van der Waals surface area contributed by atoms with Gasteiger partial charge in [-0.05, 0) is 47.3 Å². The molecule has 0 atom stereocenters. The second-order valence-corrected chi connectivity index (χ2v) is 5.87. The molecular formula is C15H18BrN3O. The highest BCUT2D eigenvalue weighted by Crippen LogP contribution is 2.33. The SMILES string of the molecule is Cc1nn(C)c(COc2cccc3c2NCCC3)c1Br. The van der Waals surface area contributed by atoms with Crippen LogP contribution in [0.3, 0.4) is 0 Å². The molecule has 4 nitrogen and oxygen atoms in total. The largest absolute Gasteiger partial charge is 0.485 e.